The second-order valence-corrected chi connectivity index (χ2v) is 8.10. The van der Waals surface area contributed by atoms with Crippen molar-refractivity contribution in [3.8, 4) is 5.69 Å². The highest BCUT2D eigenvalue weighted by atomic mass is 16.2. The zero-order chi connectivity index (χ0) is 22.5. The molecule has 1 aliphatic heterocycles. The number of benzene rings is 2. The number of piperazine rings is 1. The van der Waals surface area contributed by atoms with Gasteiger partial charge in [-0.05, 0) is 43.3 Å². The van der Waals surface area contributed by atoms with E-state index in [4.69, 9.17) is 0 Å². The Morgan fingerprint density at radius 2 is 1.28 bits per heavy atom. The van der Waals surface area contributed by atoms with Crippen molar-refractivity contribution >= 4 is 17.6 Å². The van der Waals surface area contributed by atoms with Gasteiger partial charge in [-0.1, -0.05) is 29.8 Å². The number of aryl methyl sites for hydroxylation is 1. The topological polar surface area (TPSA) is 62.6 Å². The number of hydrogen-bond donors (Lipinski definition) is 0. The Bertz CT molecular complexity index is 1080. The summed E-state index contributed by atoms with van der Waals surface area (Å²) in [5.41, 5.74) is 3.38. The molecule has 2 heterocycles. The van der Waals surface area contributed by atoms with Gasteiger partial charge >= 0.3 is 0 Å². The summed E-state index contributed by atoms with van der Waals surface area (Å²) in [6.45, 7) is 3.95. The third-order valence-electron chi connectivity index (χ3n) is 5.88. The number of nitrogens with zero attached hydrogens (tertiary/aromatic N) is 3. The molecule has 32 heavy (non-hydrogen) atoms. The summed E-state index contributed by atoms with van der Waals surface area (Å²) >= 11 is 0. The van der Waals surface area contributed by atoms with Crippen LogP contribution in [-0.2, 0) is 4.79 Å². The van der Waals surface area contributed by atoms with Crippen LogP contribution < -0.4 is 0 Å². The van der Waals surface area contributed by atoms with E-state index in [1.807, 2.05) is 72.4 Å². The monoisotopic (exact) mass is 429 g/mol. The quantitative estimate of drug-likeness (QED) is 0.561. The number of rotatable bonds is 6. The van der Waals surface area contributed by atoms with Crippen molar-refractivity contribution in [2.75, 3.05) is 26.2 Å². The van der Waals surface area contributed by atoms with Crippen LogP contribution in [0.15, 0.2) is 73.1 Å². The van der Waals surface area contributed by atoms with Crippen LogP contribution in [0.1, 0.15) is 39.1 Å². The van der Waals surface area contributed by atoms with Crippen LogP contribution in [0, 0.1) is 6.92 Å². The van der Waals surface area contributed by atoms with Gasteiger partial charge in [-0.2, -0.15) is 0 Å². The van der Waals surface area contributed by atoms with Gasteiger partial charge in [0.25, 0.3) is 5.91 Å². The zero-order valence-electron chi connectivity index (χ0n) is 18.2. The zero-order valence-corrected chi connectivity index (χ0v) is 18.2. The first-order valence-corrected chi connectivity index (χ1v) is 10.9. The summed E-state index contributed by atoms with van der Waals surface area (Å²) < 4.78 is 1.99. The van der Waals surface area contributed by atoms with E-state index in [9.17, 15) is 14.4 Å². The molecule has 3 aromatic rings. The van der Waals surface area contributed by atoms with Crippen LogP contribution in [0.25, 0.3) is 5.69 Å². The van der Waals surface area contributed by atoms with Crippen LogP contribution in [0.5, 0.6) is 0 Å². The lowest BCUT2D eigenvalue weighted by Crippen LogP contribution is -2.50. The van der Waals surface area contributed by atoms with E-state index in [0.29, 0.717) is 37.3 Å². The third kappa shape index (κ3) is 4.97. The van der Waals surface area contributed by atoms with E-state index in [2.05, 4.69) is 0 Å². The van der Waals surface area contributed by atoms with Gasteiger partial charge in [-0.15, -0.1) is 0 Å². The summed E-state index contributed by atoms with van der Waals surface area (Å²) in [6, 6.07) is 18.9. The van der Waals surface area contributed by atoms with E-state index >= 15 is 0 Å². The van der Waals surface area contributed by atoms with Gasteiger partial charge in [0.15, 0.2) is 5.78 Å². The average molecular weight is 430 g/mol. The molecule has 1 fully saturated rings. The Labute approximate surface area is 188 Å². The van der Waals surface area contributed by atoms with E-state index in [1.54, 1.807) is 21.9 Å². The average Bonchev–Trinajstić information content (AvgIpc) is 3.37. The molecule has 2 aromatic carbocycles. The molecule has 1 aromatic heterocycles. The molecular formula is C26H27N3O3. The van der Waals surface area contributed by atoms with Gasteiger partial charge in [0.05, 0.1) is 0 Å². The molecule has 0 N–H and O–H groups in total. The Balaban J connectivity index is 1.26. The molecule has 6 nitrogen and oxygen atoms in total. The maximum absolute atomic E-state index is 12.8. The molecule has 0 bridgehead atoms. The second-order valence-electron chi connectivity index (χ2n) is 8.10. The van der Waals surface area contributed by atoms with Crippen LogP contribution in [-0.4, -0.2) is 58.1 Å². The van der Waals surface area contributed by atoms with Crippen molar-refractivity contribution in [3.63, 3.8) is 0 Å². The summed E-state index contributed by atoms with van der Waals surface area (Å²) in [5, 5.41) is 0. The fourth-order valence-corrected chi connectivity index (χ4v) is 3.89. The van der Waals surface area contributed by atoms with Crippen LogP contribution in [0.3, 0.4) is 0 Å². The first-order chi connectivity index (χ1) is 15.5. The first kappa shape index (κ1) is 21.6. The molecule has 1 aliphatic rings. The molecule has 4 rings (SSSR count). The lowest BCUT2D eigenvalue weighted by molar-refractivity contribution is -0.132. The lowest BCUT2D eigenvalue weighted by Gasteiger charge is -2.35. The number of Topliss-reactive ketones (excluding diaryl/α,β-unsaturated/α-hetero) is 1. The molecule has 1 saturated heterocycles. The van der Waals surface area contributed by atoms with Gasteiger partial charge in [-0.3, -0.25) is 14.4 Å². The third-order valence-corrected chi connectivity index (χ3v) is 5.88. The Hall–Kier alpha value is -3.67. The second kappa shape index (κ2) is 9.64. The summed E-state index contributed by atoms with van der Waals surface area (Å²) in [6.07, 6.45) is 4.32. The minimum Gasteiger partial charge on any atom is -0.339 e. The largest absolute Gasteiger partial charge is 0.339 e. The number of carbonyl (C=O) groups excluding carboxylic acids is 3. The minimum absolute atomic E-state index is 0.0180. The van der Waals surface area contributed by atoms with E-state index in [0.717, 1.165) is 11.3 Å². The Morgan fingerprint density at radius 3 is 1.91 bits per heavy atom. The maximum atomic E-state index is 12.8. The Kier molecular flexibility index (Phi) is 6.50. The number of ketones is 1. The number of aromatic nitrogens is 1. The van der Waals surface area contributed by atoms with Gasteiger partial charge < -0.3 is 14.4 Å². The molecule has 2 amide bonds. The summed E-state index contributed by atoms with van der Waals surface area (Å²) in [7, 11) is 0. The highest BCUT2D eigenvalue weighted by molar-refractivity contribution is 5.98. The molecule has 0 unspecified atom stereocenters. The normalized spacial score (nSPS) is 13.8. The number of amides is 2. The van der Waals surface area contributed by atoms with Crippen molar-refractivity contribution in [1.82, 2.24) is 14.4 Å². The molecule has 164 valence electrons. The number of carbonyl (C=O) groups is 3. The van der Waals surface area contributed by atoms with Crippen molar-refractivity contribution in [1.29, 1.82) is 0 Å². The van der Waals surface area contributed by atoms with Crippen molar-refractivity contribution in [3.05, 3.63) is 89.7 Å². The molecule has 0 radical (unpaired) electrons. The fourth-order valence-electron chi connectivity index (χ4n) is 3.89. The summed E-state index contributed by atoms with van der Waals surface area (Å²) in [5.74, 6) is -0.0742. The standard InChI is InChI=1S/C26H27N3O3/c1-20-4-6-21(7-5-20)24(30)12-13-25(31)28-16-18-29(19-17-28)26(32)22-8-10-23(11-9-22)27-14-2-3-15-27/h2-11,14-15H,12-13,16-19H2,1H3. The van der Waals surface area contributed by atoms with E-state index in [1.165, 1.54) is 0 Å². The van der Waals surface area contributed by atoms with Crippen molar-refractivity contribution < 1.29 is 14.4 Å². The molecule has 0 atom stereocenters. The molecule has 0 saturated carbocycles. The van der Waals surface area contributed by atoms with Gasteiger partial charge in [0.2, 0.25) is 5.91 Å². The van der Waals surface area contributed by atoms with Gasteiger partial charge in [0.1, 0.15) is 0 Å². The lowest BCUT2D eigenvalue weighted by atomic mass is 10.0. The molecule has 6 heteroatoms. The predicted molar refractivity (Wildman–Crippen MR) is 123 cm³/mol. The smallest absolute Gasteiger partial charge is 0.253 e. The Morgan fingerprint density at radius 1 is 0.719 bits per heavy atom. The van der Waals surface area contributed by atoms with Crippen molar-refractivity contribution in [2.45, 2.75) is 19.8 Å². The molecule has 0 spiro atoms. The van der Waals surface area contributed by atoms with E-state index in [-0.39, 0.29) is 30.4 Å². The van der Waals surface area contributed by atoms with Crippen molar-refractivity contribution in [2.24, 2.45) is 0 Å². The molecule has 0 aliphatic carbocycles. The van der Waals surface area contributed by atoms with Crippen LogP contribution >= 0.6 is 0 Å². The van der Waals surface area contributed by atoms with Crippen LogP contribution in [0.2, 0.25) is 0 Å². The fraction of sp³-hybridized carbons (Fsp3) is 0.269. The minimum atomic E-state index is -0.0337. The predicted octanol–water partition coefficient (Wildman–Crippen LogP) is 3.73. The molecular weight excluding hydrogens is 402 g/mol. The van der Waals surface area contributed by atoms with Gasteiger partial charge in [-0.25, -0.2) is 0 Å². The number of hydrogen-bond acceptors (Lipinski definition) is 3. The highest BCUT2D eigenvalue weighted by Gasteiger charge is 2.25. The maximum Gasteiger partial charge on any atom is 0.253 e. The van der Waals surface area contributed by atoms with Gasteiger partial charge in [0, 0.05) is 68.2 Å². The SMILES string of the molecule is Cc1ccc(C(=O)CCC(=O)N2CCN(C(=O)c3ccc(-n4cccc4)cc3)CC2)cc1. The highest BCUT2D eigenvalue weighted by Crippen LogP contribution is 2.15. The summed E-state index contributed by atoms with van der Waals surface area (Å²) in [4.78, 5) is 41.2. The van der Waals surface area contributed by atoms with E-state index < -0.39 is 0 Å². The first-order valence-electron chi connectivity index (χ1n) is 10.9. The van der Waals surface area contributed by atoms with Crippen LogP contribution in [0.4, 0.5) is 0 Å².